The first-order valence-electron chi connectivity index (χ1n) is 5.35. The van der Waals surface area contributed by atoms with Crippen LogP contribution in [-0.4, -0.2) is 41.0 Å². The van der Waals surface area contributed by atoms with Gasteiger partial charge in [-0.2, -0.15) is 0 Å². The van der Waals surface area contributed by atoms with Gasteiger partial charge in [0.05, 0.1) is 5.92 Å². The maximum atomic E-state index is 11.1. The lowest BCUT2D eigenvalue weighted by atomic mass is 10.1. The number of aliphatic carboxylic acids is 1. The lowest BCUT2D eigenvalue weighted by Crippen LogP contribution is -2.42. The Hall–Kier alpha value is -1.10. The third-order valence-electron chi connectivity index (χ3n) is 3.34. The van der Waals surface area contributed by atoms with Crippen molar-refractivity contribution in [2.24, 2.45) is 17.6 Å². The minimum absolute atomic E-state index is 0.161. The highest BCUT2D eigenvalue weighted by atomic mass is 16.4. The summed E-state index contributed by atoms with van der Waals surface area (Å²) in [6.07, 6.45) is 2.69. The molecule has 2 atom stereocenters. The molecule has 1 aliphatic heterocycles. The molecule has 84 valence electrons. The van der Waals surface area contributed by atoms with Crippen molar-refractivity contribution in [1.29, 1.82) is 0 Å². The summed E-state index contributed by atoms with van der Waals surface area (Å²) >= 11 is 0. The summed E-state index contributed by atoms with van der Waals surface area (Å²) in [6, 6.07) is -0.394. The molecule has 0 bridgehead atoms. The molecule has 0 aromatic heterocycles. The van der Waals surface area contributed by atoms with Crippen molar-refractivity contribution in [3.8, 4) is 0 Å². The third-order valence-corrected chi connectivity index (χ3v) is 3.34. The summed E-state index contributed by atoms with van der Waals surface area (Å²) in [4.78, 5) is 24.0. The molecule has 0 spiro atoms. The standard InChI is InChI=1S/C10H16N2O3/c11-9(13)7-3-4-12(5-7)8(10(14)15)6-1-2-6/h6-8H,1-5H2,(H2,11,13)(H,14,15). The Labute approximate surface area is 88.2 Å². The number of carbonyl (C=O) groups is 2. The van der Waals surface area contributed by atoms with Gasteiger partial charge in [-0.1, -0.05) is 0 Å². The Morgan fingerprint density at radius 3 is 2.40 bits per heavy atom. The number of likely N-dealkylation sites (tertiary alicyclic amines) is 1. The fourth-order valence-corrected chi connectivity index (χ4v) is 2.34. The first-order valence-corrected chi connectivity index (χ1v) is 5.35. The van der Waals surface area contributed by atoms with E-state index in [0.717, 1.165) is 12.8 Å². The van der Waals surface area contributed by atoms with Gasteiger partial charge >= 0.3 is 5.97 Å². The van der Waals surface area contributed by atoms with E-state index in [4.69, 9.17) is 10.8 Å². The maximum absolute atomic E-state index is 11.1. The number of hydrogen-bond acceptors (Lipinski definition) is 3. The van der Waals surface area contributed by atoms with E-state index in [9.17, 15) is 9.59 Å². The number of nitrogens with two attached hydrogens (primary N) is 1. The smallest absolute Gasteiger partial charge is 0.321 e. The predicted molar refractivity (Wildman–Crippen MR) is 53.0 cm³/mol. The van der Waals surface area contributed by atoms with E-state index >= 15 is 0 Å². The highest BCUT2D eigenvalue weighted by molar-refractivity contribution is 5.78. The number of rotatable bonds is 4. The van der Waals surface area contributed by atoms with Gasteiger partial charge in [0.2, 0.25) is 5.91 Å². The molecule has 1 heterocycles. The van der Waals surface area contributed by atoms with Crippen LogP contribution in [0.3, 0.4) is 0 Å². The molecule has 5 heteroatoms. The predicted octanol–water partition coefficient (Wildman–Crippen LogP) is -0.343. The lowest BCUT2D eigenvalue weighted by Gasteiger charge is -2.23. The van der Waals surface area contributed by atoms with E-state index < -0.39 is 12.0 Å². The van der Waals surface area contributed by atoms with Crippen molar-refractivity contribution >= 4 is 11.9 Å². The van der Waals surface area contributed by atoms with Crippen molar-refractivity contribution in [3.05, 3.63) is 0 Å². The highest BCUT2D eigenvalue weighted by Gasteiger charge is 2.43. The fourth-order valence-electron chi connectivity index (χ4n) is 2.34. The second-order valence-corrected chi connectivity index (χ2v) is 4.50. The van der Waals surface area contributed by atoms with Gasteiger partial charge in [0, 0.05) is 6.54 Å². The average Bonchev–Trinajstić information content (AvgIpc) is 2.81. The number of hydrogen-bond donors (Lipinski definition) is 2. The molecule has 5 nitrogen and oxygen atoms in total. The number of carbonyl (C=O) groups excluding carboxylic acids is 1. The quantitative estimate of drug-likeness (QED) is 0.667. The highest BCUT2D eigenvalue weighted by Crippen LogP contribution is 2.37. The molecule has 0 radical (unpaired) electrons. The third kappa shape index (κ3) is 2.12. The van der Waals surface area contributed by atoms with Crippen LogP contribution in [0.5, 0.6) is 0 Å². The van der Waals surface area contributed by atoms with Crippen LogP contribution < -0.4 is 5.73 Å². The molecule has 1 saturated carbocycles. The number of carboxylic acid groups (broad SMARTS) is 1. The van der Waals surface area contributed by atoms with E-state index in [0.29, 0.717) is 19.5 Å². The maximum Gasteiger partial charge on any atom is 0.321 e. The second-order valence-electron chi connectivity index (χ2n) is 4.50. The zero-order valence-corrected chi connectivity index (χ0v) is 8.56. The van der Waals surface area contributed by atoms with Gasteiger partial charge in [0.25, 0.3) is 0 Å². The molecular formula is C10H16N2O3. The SMILES string of the molecule is NC(=O)C1CCN(C(C(=O)O)C2CC2)C1. The summed E-state index contributed by atoms with van der Waals surface area (Å²) in [6.45, 7) is 1.20. The van der Waals surface area contributed by atoms with Crippen molar-refractivity contribution < 1.29 is 14.7 Å². The van der Waals surface area contributed by atoms with Crippen LogP contribution in [0.1, 0.15) is 19.3 Å². The van der Waals surface area contributed by atoms with Gasteiger partial charge in [-0.05, 0) is 31.7 Å². The van der Waals surface area contributed by atoms with Crippen molar-refractivity contribution in [1.82, 2.24) is 4.90 Å². The van der Waals surface area contributed by atoms with Crippen molar-refractivity contribution in [2.45, 2.75) is 25.3 Å². The van der Waals surface area contributed by atoms with Gasteiger partial charge in [-0.25, -0.2) is 0 Å². The molecule has 0 aromatic carbocycles. The first kappa shape index (κ1) is 10.4. The normalized spacial score (nSPS) is 28.9. The van der Waals surface area contributed by atoms with Crippen LogP contribution in [0.15, 0.2) is 0 Å². The second kappa shape index (κ2) is 3.81. The largest absolute Gasteiger partial charge is 0.480 e. The minimum Gasteiger partial charge on any atom is -0.480 e. The van der Waals surface area contributed by atoms with E-state index in [-0.39, 0.29) is 17.7 Å². The van der Waals surface area contributed by atoms with Crippen LogP contribution in [0.4, 0.5) is 0 Å². The molecule has 2 rings (SSSR count). The Bertz CT molecular complexity index is 288. The number of primary amides is 1. The fraction of sp³-hybridized carbons (Fsp3) is 0.800. The molecule has 1 amide bonds. The lowest BCUT2D eigenvalue weighted by molar-refractivity contribution is -0.144. The zero-order valence-electron chi connectivity index (χ0n) is 8.56. The van der Waals surface area contributed by atoms with Gasteiger partial charge < -0.3 is 10.8 Å². The summed E-state index contributed by atoms with van der Waals surface area (Å²) in [5, 5.41) is 9.11. The van der Waals surface area contributed by atoms with E-state index in [1.54, 1.807) is 0 Å². The van der Waals surface area contributed by atoms with Crippen LogP contribution in [-0.2, 0) is 9.59 Å². The minimum atomic E-state index is -0.761. The first-order chi connectivity index (χ1) is 7.09. The van der Waals surface area contributed by atoms with Crippen LogP contribution in [0.25, 0.3) is 0 Å². The Kier molecular flexibility index (Phi) is 2.65. The number of carboxylic acids is 1. The molecule has 0 aromatic rings. The van der Waals surface area contributed by atoms with Gasteiger partial charge in [-0.15, -0.1) is 0 Å². The molecular weight excluding hydrogens is 196 g/mol. The monoisotopic (exact) mass is 212 g/mol. The van der Waals surface area contributed by atoms with Crippen molar-refractivity contribution in [3.63, 3.8) is 0 Å². The molecule has 15 heavy (non-hydrogen) atoms. The molecule has 3 N–H and O–H groups in total. The van der Waals surface area contributed by atoms with Crippen molar-refractivity contribution in [2.75, 3.05) is 13.1 Å². The van der Waals surface area contributed by atoms with E-state index in [1.165, 1.54) is 0 Å². The Balaban J connectivity index is 1.98. The molecule has 2 aliphatic rings. The molecule has 2 fully saturated rings. The van der Waals surface area contributed by atoms with E-state index in [2.05, 4.69) is 0 Å². The summed E-state index contributed by atoms with van der Waals surface area (Å²) in [5.41, 5.74) is 5.21. The van der Waals surface area contributed by atoms with Gasteiger partial charge in [0.15, 0.2) is 0 Å². The molecule has 1 aliphatic carbocycles. The summed E-state index contributed by atoms with van der Waals surface area (Å²) in [7, 11) is 0. The Morgan fingerprint density at radius 2 is 2.00 bits per heavy atom. The van der Waals surface area contributed by atoms with Crippen LogP contribution in [0.2, 0.25) is 0 Å². The zero-order chi connectivity index (χ0) is 11.0. The molecule has 1 saturated heterocycles. The molecule has 2 unspecified atom stereocenters. The van der Waals surface area contributed by atoms with Gasteiger partial charge in [-0.3, -0.25) is 14.5 Å². The topological polar surface area (TPSA) is 83.6 Å². The van der Waals surface area contributed by atoms with E-state index in [1.807, 2.05) is 4.90 Å². The van der Waals surface area contributed by atoms with Crippen LogP contribution >= 0.6 is 0 Å². The summed E-state index contributed by atoms with van der Waals surface area (Å²) in [5.74, 6) is -0.945. The number of nitrogens with zero attached hydrogens (tertiary/aromatic N) is 1. The summed E-state index contributed by atoms with van der Waals surface area (Å²) < 4.78 is 0. The average molecular weight is 212 g/mol. The Morgan fingerprint density at radius 1 is 1.33 bits per heavy atom. The number of amides is 1. The van der Waals surface area contributed by atoms with Gasteiger partial charge in [0.1, 0.15) is 6.04 Å². The van der Waals surface area contributed by atoms with Crippen LogP contribution in [0, 0.1) is 11.8 Å².